The van der Waals surface area contributed by atoms with E-state index < -0.39 is 0 Å². The predicted octanol–water partition coefficient (Wildman–Crippen LogP) is 1.15. The van der Waals surface area contributed by atoms with Gasteiger partial charge in [-0.25, -0.2) is 4.98 Å². The molecule has 1 aromatic rings. The minimum Gasteiger partial charge on any atom is -0.378 e. The summed E-state index contributed by atoms with van der Waals surface area (Å²) in [6.45, 7) is 3.01. The average Bonchev–Trinajstić information content (AvgIpc) is 2.30. The highest BCUT2D eigenvalue weighted by Crippen LogP contribution is 2.16. The van der Waals surface area contributed by atoms with E-state index in [0.29, 0.717) is 18.8 Å². The Bertz CT molecular complexity index is 327. The monoisotopic (exact) mass is 228 g/mol. The molecule has 2 heterocycles. The number of ether oxygens (including phenoxy) is 1. The number of aldehydes is 1. The predicted molar refractivity (Wildman–Crippen MR) is 59.9 cm³/mol. The number of halogens is 1. The average molecular weight is 229 g/mol. The van der Waals surface area contributed by atoms with Gasteiger partial charge in [-0.3, -0.25) is 4.79 Å². The summed E-state index contributed by atoms with van der Waals surface area (Å²) in [5.41, 5.74) is 0.648. The standard InChI is InChI=1S/C10H12N2O2.ClH/c13-8-9-2-1-3-11-10(9)12-4-6-14-7-5-12;/h1-3,8H,4-7H2;1H. The molecule has 0 N–H and O–H groups in total. The van der Waals surface area contributed by atoms with Crippen LogP contribution >= 0.6 is 12.4 Å². The van der Waals surface area contributed by atoms with Gasteiger partial charge >= 0.3 is 0 Å². The highest BCUT2D eigenvalue weighted by Gasteiger charge is 2.14. The van der Waals surface area contributed by atoms with Crippen molar-refractivity contribution in [2.45, 2.75) is 0 Å². The van der Waals surface area contributed by atoms with Gasteiger partial charge in [-0.2, -0.15) is 0 Å². The number of rotatable bonds is 2. The van der Waals surface area contributed by atoms with Crippen molar-refractivity contribution >= 4 is 24.5 Å². The fourth-order valence-corrected chi connectivity index (χ4v) is 1.54. The fraction of sp³-hybridized carbons (Fsp3) is 0.400. The summed E-state index contributed by atoms with van der Waals surface area (Å²) in [5, 5.41) is 0. The van der Waals surface area contributed by atoms with E-state index in [4.69, 9.17) is 4.74 Å². The number of hydrogen-bond donors (Lipinski definition) is 0. The van der Waals surface area contributed by atoms with Crippen LogP contribution in [0, 0.1) is 0 Å². The summed E-state index contributed by atoms with van der Waals surface area (Å²) >= 11 is 0. The molecule has 1 fully saturated rings. The van der Waals surface area contributed by atoms with Crippen LogP contribution in [0.1, 0.15) is 10.4 Å². The molecule has 82 valence electrons. The molecule has 0 atom stereocenters. The maximum Gasteiger partial charge on any atom is 0.153 e. The minimum absolute atomic E-state index is 0. The molecule has 0 aliphatic carbocycles. The number of aromatic nitrogens is 1. The van der Waals surface area contributed by atoms with Crippen molar-refractivity contribution in [3.63, 3.8) is 0 Å². The maximum atomic E-state index is 10.8. The Morgan fingerprint density at radius 1 is 1.40 bits per heavy atom. The van der Waals surface area contributed by atoms with Gasteiger partial charge in [0.15, 0.2) is 6.29 Å². The lowest BCUT2D eigenvalue weighted by molar-refractivity contribution is 0.111. The van der Waals surface area contributed by atoms with Gasteiger partial charge in [-0.05, 0) is 12.1 Å². The second kappa shape index (κ2) is 5.68. The van der Waals surface area contributed by atoms with Crippen LogP contribution in [0.3, 0.4) is 0 Å². The van der Waals surface area contributed by atoms with Crippen LogP contribution in [-0.2, 0) is 4.74 Å². The van der Waals surface area contributed by atoms with Gasteiger partial charge in [-0.15, -0.1) is 12.4 Å². The van der Waals surface area contributed by atoms with Crippen molar-refractivity contribution in [3.8, 4) is 0 Å². The molecule has 1 aliphatic rings. The molecule has 0 saturated carbocycles. The fourth-order valence-electron chi connectivity index (χ4n) is 1.54. The van der Waals surface area contributed by atoms with E-state index in [9.17, 15) is 4.79 Å². The SMILES string of the molecule is Cl.O=Cc1cccnc1N1CCOCC1. The van der Waals surface area contributed by atoms with E-state index in [1.165, 1.54) is 0 Å². The first kappa shape index (κ1) is 11.9. The molecule has 0 amide bonds. The third-order valence-electron chi connectivity index (χ3n) is 2.25. The van der Waals surface area contributed by atoms with Crippen LogP contribution in [0.4, 0.5) is 5.82 Å². The molecule has 0 bridgehead atoms. The largest absolute Gasteiger partial charge is 0.378 e. The first-order valence-electron chi connectivity index (χ1n) is 4.64. The number of hydrogen-bond acceptors (Lipinski definition) is 4. The van der Waals surface area contributed by atoms with Crippen LogP contribution < -0.4 is 4.90 Å². The second-order valence-corrected chi connectivity index (χ2v) is 3.13. The van der Waals surface area contributed by atoms with Crippen LogP contribution in [0.5, 0.6) is 0 Å². The lowest BCUT2D eigenvalue weighted by atomic mass is 10.2. The molecule has 0 aromatic carbocycles. The second-order valence-electron chi connectivity index (χ2n) is 3.13. The van der Waals surface area contributed by atoms with E-state index >= 15 is 0 Å². The van der Waals surface area contributed by atoms with Gasteiger partial charge in [0, 0.05) is 19.3 Å². The first-order valence-corrected chi connectivity index (χ1v) is 4.64. The van der Waals surface area contributed by atoms with E-state index in [1.807, 2.05) is 0 Å². The molecular weight excluding hydrogens is 216 g/mol. The summed E-state index contributed by atoms with van der Waals surface area (Å²) in [4.78, 5) is 17.1. The third-order valence-corrected chi connectivity index (χ3v) is 2.25. The number of carbonyl (C=O) groups is 1. The molecule has 0 unspecified atom stereocenters. The number of nitrogens with zero attached hydrogens (tertiary/aromatic N) is 2. The van der Waals surface area contributed by atoms with Gasteiger partial charge in [-0.1, -0.05) is 0 Å². The Balaban J connectivity index is 0.00000112. The zero-order chi connectivity index (χ0) is 9.80. The van der Waals surface area contributed by atoms with Crippen LogP contribution in [0.25, 0.3) is 0 Å². The maximum absolute atomic E-state index is 10.8. The Hall–Kier alpha value is -1.13. The van der Waals surface area contributed by atoms with E-state index in [-0.39, 0.29) is 12.4 Å². The van der Waals surface area contributed by atoms with Crippen LogP contribution in [0.15, 0.2) is 18.3 Å². The van der Waals surface area contributed by atoms with Gasteiger partial charge in [0.1, 0.15) is 5.82 Å². The van der Waals surface area contributed by atoms with Crippen molar-refractivity contribution in [3.05, 3.63) is 23.9 Å². The molecule has 0 spiro atoms. The number of anilines is 1. The number of carbonyl (C=O) groups excluding carboxylic acids is 1. The van der Waals surface area contributed by atoms with Crippen molar-refractivity contribution < 1.29 is 9.53 Å². The normalized spacial score (nSPS) is 15.6. The zero-order valence-electron chi connectivity index (χ0n) is 8.26. The third kappa shape index (κ3) is 2.67. The summed E-state index contributed by atoms with van der Waals surface area (Å²) < 4.78 is 5.24. The number of pyridine rings is 1. The smallest absolute Gasteiger partial charge is 0.153 e. The highest BCUT2D eigenvalue weighted by atomic mass is 35.5. The Morgan fingerprint density at radius 2 is 2.13 bits per heavy atom. The molecule has 15 heavy (non-hydrogen) atoms. The summed E-state index contributed by atoms with van der Waals surface area (Å²) in [6, 6.07) is 3.55. The Kier molecular flexibility index (Phi) is 4.52. The molecule has 4 nitrogen and oxygen atoms in total. The molecule has 5 heteroatoms. The van der Waals surface area contributed by atoms with Crippen LogP contribution in [0.2, 0.25) is 0 Å². The van der Waals surface area contributed by atoms with Crippen molar-refractivity contribution in [1.82, 2.24) is 4.98 Å². The lowest BCUT2D eigenvalue weighted by Crippen LogP contribution is -2.37. The topological polar surface area (TPSA) is 42.4 Å². The van der Waals surface area contributed by atoms with Gasteiger partial charge < -0.3 is 9.64 Å². The number of morpholine rings is 1. The van der Waals surface area contributed by atoms with Crippen molar-refractivity contribution in [2.75, 3.05) is 31.2 Å². The Labute approximate surface area is 94.7 Å². The van der Waals surface area contributed by atoms with E-state index in [1.54, 1.807) is 18.3 Å². The van der Waals surface area contributed by atoms with Crippen LogP contribution in [-0.4, -0.2) is 37.6 Å². The molecular formula is C10H13ClN2O2. The summed E-state index contributed by atoms with van der Waals surface area (Å²) in [7, 11) is 0. The lowest BCUT2D eigenvalue weighted by Gasteiger charge is -2.28. The first-order chi connectivity index (χ1) is 6.92. The summed E-state index contributed by atoms with van der Waals surface area (Å²) in [5.74, 6) is 0.769. The summed E-state index contributed by atoms with van der Waals surface area (Å²) in [6.07, 6.45) is 2.55. The molecule has 1 aliphatic heterocycles. The van der Waals surface area contributed by atoms with Gasteiger partial charge in [0.25, 0.3) is 0 Å². The van der Waals surface area contributed by atoms with E-state index in [2.05, 4.69) is 9.88 Å². The highest BCUT2D eigenvalue weighted by molar-refractivity contribution is 5.85. The zero-order valence-corrected chi connectivity index (χ0v) is 9.07. The molecule has 0 radical (unpaired) electrons. The molecule has 1 aromatic heterocycles. The van der Waals surface area contributed by atoms with Gasteiger partial charge in [0.2, 0.25) is 0 Å². The van der Waals surface area contributed by atoms with Gasteiger partial charge in [0.05, 0.1) is 18.8 Å². The molecule has 1 saturated heterocycles. The quantitative estimate of drug-likeness (QED) is 0.713. The molecule has 2 rings (SSSR count). The Morgan fingerprint density at radius 3 is 2.80 bits per heavy atom. The van der Waals surface area contributed by atoms with Crippen molar-refractivity contribution in [1.29, 1.82) is 0 Å². The van der Waals surface area contributed by atoms with E-state index in [0.717, 1.165) is 25.2 Å². The minimum atomic E-state index is 0. The van der Waals surface area contributed by atoms with Crippen molar-refractivity contribution in [2.24, 2.45) is 0 Å².